The topological polar surface area (TPSA) is 0 Å². The Kier molecular flexibility index (Phi) is 3.50. The molecule has 0 unspecified atom stereocenters. The van der Waals surface area contributed by atoms with Crippen molar-refractivity contribution < 1.29 is 0 Å². The Bertz CT molecular complexity index is 1140. The number of hydrogen-bond acceptors (Lipinski definition) is 0. The number of allylic oxidation sites excluding steroid dienone is 1. The Morgan fingerprint density at radius 1 is 0.577 bits per heavy atom. The highest BCUT2D eigenvalue weighted by atomic mass is 14.2. The summed E-state index contributed by atoms with van der Waals surface area (Å²) in [6.45, 7) is 2.21. The largest absolute Gasteiger partial charge is 0.0674 e. The molecule has 26 heavy (non-hydrogen) atoms. The number of aryl methyl sites for hydroxylation is 1. The van der Waals surface area contributed by atoms with E-state index in [2.05, 4.69) is 104 Å². The van der Waals surface area contributed by atoms with Gasteiger partial charge in [0, 0.05) is 0 Å². The summed E-state index contributed by atoms with van der Waals surface area (Å²) in [5, 5.41) is 2.59. The molecule has 0 nitrogen and oxygen atoms in total. The first-order valence-electron chi connectivity index (χ1n) is 9.05. The number of rotatable bonds is 2. The summed E-state index contributed by atoms with van der Waals surface area (Å²) in [7, 11) is 0. The molecule has 0 aliphatic heterocycles. The van der Waals surface area contributed by atoms with Gasteiger partial charge in [-0.25, -0.2) is 0 Å². The van der Waals surface area contributed by atoms with Gasteiger partial charge in [0.15, 0.2) is 0 Å². The fourth-order valence-electron chi connectivity index (χ4n) is 4.00. The van der Waals surface area contributed by atoms with Crippen LogP contribution in [-0.4, -0.2) is 0 Å². The van der Waals surface area contributed by atoms with Crippen LogP contribution < -0.4 is 0 Å². The Balaban J connectivity index is 1.60. The van der Waals surface area contributed by atoms with Crippen molar-refractivity contribution in [2.45, 2.75) is 6.92 Å². The molecule has 1 aliphatic rings. The second kappa shape index (κ2) is 6.00. The molecular weight excluding hydrogens is 312 g/mol. The summed E-state index contributed by atoms with van der Waals surface area (Å²) in [5.41, 5.74) is 7.83. The Labute approximate surface area is 154 Å². The minimum atomic E-state index is 1.28. The zero-order valence-electron chi connectivity index (χ0n) is 14.7. The molecule has 1 aliphatic carbocycles. The van der Waals surface area contributed by atoms with Crippen LogP contribution in [0.15, 0.2) is 91.0 Å². The monoisotopic (exact) mass is 331 g/mol. The summed E-state index contributed by atoms with van der Waals surface area (Å²) in [6.07, 6.45) is 4.45. The molecule has 0 saturated heterocycles. The molecule has 0 atom stereocenters. The quantitative estimate of drug-likeness (QED) is 0.378. The average Bonchev–Trinajstić information content (AvgIpc) is 3.11. The van der Waals surface area contributed by atoms with E-state index >= 15 is 0 Å². The van der Waals surface area contributed by atoms with Gasteiger partial charge < -0.3 is 0 Å². The highest BCUT2D eigenvalue weighted by molar-refractivity contribution is 5.96. The van der Waals surface area contributed by atoms with Gasteiger partial charge in [-0.05, 0) is 51.1 Å². The second-order valence-electron chi connectivity index (χ2n) is 6.89. The lowest BCUT2D eigenvalue weighted by Gasteiger charge is -2.15. The van der Waals surface area contributed by atoms with Crippen LogP contribution in [0.4, 0.5) is 0 Å². The summed E-state index contributed by atoms with van der Waals surface area (Å²) in [6, 6.07) is 30.6. The summed E-state index contributed by atoms with van der Waals surface area (Å²) >= 11 is 0. The summed E-state index contributed by atoms with van der Waals surface area (Å²) < 4.78 is 0. The molecule has 0 heteroatoms. The van der Waals surface area contributed by atoms with Crippen molar-refractivity contribution in [1.29, 1.82) is 0 Å². The summed E-state index contributed by atoms with van der Waals surface area (Å²) in [4.78, 5) is 0. The fourth-order valence-corrected chi connectivity index (χ4v) is 4.00. The van der Waals surface area contributed by atoms with E-state index in [0.29, 0.717) is 0 Å². The lowest BCUT2D eigenvalue weighted by Crippen LogP contribution is -2.00. The third-order valence-electron chi connectivity index (χ3n) is 5.30. The van der Waals surface area contributed by atoms with E-state index in [1.54, 1.807) is 0 Å². The SMILES string of the molecule is Cc1cc(-c2cccc3ccccc23)ccc1[C]1C=Cc2ccccc21. The van der Waals surface area contributed by atoms with Gasteiger partial charge in [-0.3, -0.25) is 0 Å². The van der Waals surface area contributed by atoms with Crippen molar-refractivity contribution in [3.63, 3.8) is 0 Å². The minimum absolute atomic E-state index is 1.28. The van der Waals surface area contributed by atoms with Crippen LogP contribution in [0, 0.1) is 12.8 Å². The van der Waals surface area contributed by atoms with E-state index in [4.69, 9.17) is 0 Å². The standard InChI is InChI=1S/C26H19/c1-18-17-21(25-12-6-9-19-7-2-4-10-23(19)25)14-15-22(18)26-16-13-20-8-3-5-11-24(20)26/h2-17H,1H3. The zero-order valence-corrected chi connectivity index (χ0v) is 14.7. The van der Waals surface area contributed by atoms with E-state index in [0.717, 1.165) is 0 Å². The third kappa shape index (κ3) is 2.38. The highest BCUT2D eigenvalue weighted by Crippen LogP contribution is 2.37. The predicted octanol–water partition coefficient (Wildman–Crippen LogP) is 6.81. The normalized spacial score (nSPS) is 13.3. The molecule has 0 amide bonds. The molecule has 0 heterocycles. The van der Waals surface area contributed by atoms with Gasteiger partial charge in [-0.1, -0.05) is 97.1 Å². The zero-order chi connectivity index (χ0) is 17.5. The highest BCUT2D eigenvalue weighted by Gasteiger charge is 2.21. The average molecular weight is 331 g/mol. The Morgan fingerprint density at radius 2 is 1.35 bits per heavy atom. The molecule has 123 valence electrons. The predicted molar refractivity (Wildman–Crippen MR) is 111 cm³/mol. The van der Waals surface area contributed by atoms with Gasteiger partial charge in [0.1, 0.15) is 0 Å². The summed E-state index contributed by atoms with van der Waals surface area (Å²) in [5.74, 6) is 1.32. The van der Waals surface area contributed by atoms with E-state index in [1.165, 1.54) is 50.1 Å². The number of hydrogen-bond donors (Lipinski definition) is 0. The lowest BCUT2D eigenvalue weighted by molar-refractivity contribution is 1.26. The van der Waals surface area contributed by atoms with Crippen molar-refractivity contribution in [3.05, 3.63) is 119 Å². The van der Waals surface area contributed by atoms with Crippen molar-refractivity contribution in [2.24, 2.45) is 0 Å². The first-order valence-corrected chi connectivity index (χ1v) is 9.05. The number of fused-ring (bicyclic) bond motifs is 2. The van der Waals surface area contributed by atoms with Gasteiger partial charge in [0.2, 0.25) is 0 Å². The van der Waals surface area contributed by atoms with Crippen LogP contribution in [0.3, 0.4) is 0 Å². The molecule has 5 rings (SSSR count). The van der Waals surface area contributed by atoms with Gasteiger partial charge in [-0.15, -0.1) is 0 Å². The molecule has 0 saturated carbocycles. The van der Waals surface area contributed by atoms with Crippen LogP contribution in [-0.2, 0) is 0 Å². The molecule has 1 radical (unpaired) electrons. The molecule has 4 aromatic carbocycles. The van der Waals surface area contributed by atoms with Crippen LogP contribution in [0.5, 0.6) is 0 Å². The molecule has 0 spiro atoms. The molecule has 0 aromatic heterocycles. The molecule has 4 aromatic rings. The Hall–Kier alpha value is -3.12. The van der Waals surface area contributed by atoms with Gasteiger partial charge in [0.05, 0.1) is 5.92 Å². The molecule has 0 fully saturated rings. The van der Waals surface area contributed by atoms with Crippen molar-refractivity contribution in [3.8, 4) is 11.1 Å². The van der Waals surface area contributed by atoms with Crippen LogP contribution in [0.25, 0.3) is 28.0 Å². The lowest BCUT2D eigenvalue weighted by atomic mass is 9.88. The van der Waals surface area contributed by atoms with E-state index in [-0.39, 0.29) is 0 Å². The van der Waals surface area contributed by atoms with E-state index in [1.807, 2.05) is 0 Å². The minimum Gasteiger partial charge on any atom is -0.0674 e. The Morgan fingerprint density at radius 3 is 2.27 bits per heavy atom. The van der Waals surface area contributed by atoms with Gasteiger partial charge >= 0.3 is 0 Å². The number of benzene rings is 4. The maximum absolute atomic E-state index is 2.32. The van der Waals surface area contributed by atoms with Crippen LogP contribution >= 0.6 is 0 Å². The van der Waals surface area contributed by atoms with Crippen molar-refractivity contribution in [1.82, 2.24) is 0 Å². The maximum atomic E-state index is 2.32. The van der Waals surface area contributed by atoms with E-state index in [9.17, 15) is 0 Å². The smallest absolute Gasteiger partial charge is 0.0566 e. The first kappa shape index (κ1) is 15.2. The maximum Gasteiger partial charge on any atom is 0.0566 e. The molecule has 0 N–H and O–H groups in total. The second-order valence-corrected chi connectivity index (χ2v) is 6.89. The first-order chi connectivity index (χ1) is 12.8. The van der Waals surface area contributed by atoms with E-state index < -0.39 is 0 Å². The fraction of sp³-hybridized carbons (Fsp3) is 0.0385. The van der Waals surface area contributed by atoms with Gasteiger partial charge in [-0.2, -0.15) is 0 Å². The molecular formula is C26H19. The van der Waals surface area contributed by atoms with Crippen molar-refractivity contribution >= 4 is 16.8 Å². The van der Waals surface area contributed by atoms with Crippen LogP contribution in [0.1, 0.15) is 22.3 Å². The third-order valence-corrected chi connectivity index (χ3v) is 5.30. The van der Waals surface area contributed by atoms with Crippen molar-refractivity contribution in [2.75, 3.05) is 0 Å². The van der Waals surface area contributed by atoms with Crippen LogP contribution in [0.2, 0.25) is 0 Å². The van der Waals surface area contributed by atoms with Gasteiger partial charge in [0.25, 0.3) is 0 Å². The molecule has 0 bridgehead atoms.